The number of nitrogens with one attached hydrogen (secondary N) is 2. The summed E-state index contributed by atoms with van der Waals surface area (Å²) in [6.07, 6.45) is 8.57. The van der Waals surface area contributed by atoms with Gasteiger partial charge in [0.05, 0.1) is 12.2 Å². The number of ether oxygens (including phenoxy) is 1. The molecule has 2 heterocycles. The number of pyridine rings is 1. The Morgan fingerprint density at radius 3 is 2.61 bits per heavy atom. The van der Waals surface area contributed by atoms with Gasteiger partial charge in [0.1, 0.15) is 11.6 Å². The van der Waals surface area contributed by atoms with Crippen LogP contribution in [0, 0.1) is 11.8 Å². The average Bonchev–Trinajstić information content (AvgIpc) is 3.32. The number of aromatic nitrogens is 1. The van der Waals surface area contributed by atoms with Gasteiger partial charge in [-0.1, -0.05) is 30.3 Å². The summed E-state index contributed by atoms with van der Waals surface area (Å²) in [6.45, 7) is 4.21. The minimum atomic E-state index is -0.143. The third-order valence-corrected chi connectivity index (χ3v) is 8.28. The monoisotopic (exact) mass is 555 g/mol. The first-order chi connectivity index (χ1) is 20.1. The van der Waals surface area contributed by atoms with Crippen LogP contribution >= 0.6 is 0 Å². The Morgan fingerprint density at radius 1 is 1.02 bits per heavy atom. The van der Waals surface area contributed by atoms with E-state index in [-0.39, 0.29) is 17.6 Å². The van der Waals surface area contributed by atoms with Gasteiger partial charge in [-0.2, -0.15) is 0 Å². The van der Waals surface area contributed by atoms with Gasteiger partial charge >= 0.3 is 0 Å². The molecule has 1 amide bonds. The number of carbonyl (C=O) groups excluding carboxylic acids is 2. The summed E-state index contributed by atoms with van der Waals surface area (Å²) in [6, 6.07) is 20.0. The van der Waals surface area contributed by atoms with Crippen molar-refractivity contribution in [3.05, 3.63) is 89.1 Å². The summed E-state index contributed by atoms with van der Waals surface area (Å²) >= 11 is 0. The van der Waals surface area contributed by atoms with Gasteiger partial charge in [-0.05, 0) is 105 Å². The fraction of sp³-hybridized carbons (Fsp3) is 0.424. The highest BCUT2D eigenvalue weighted by molar-refractivity contribution is 6.02. The maximum absolute atomic E-state index is 13.1. The predicted molar refractivity (Wildman–Crippen MR) is 161 cm³/mol. The highest BCUT2D eigenvalue weighted by Gasteiger charge is 2.33. The molecule has 0 spiro atoms. The third kappa shape index (κ3) is 7.93. The Bertz CT molecular complexity index is 1290. The number of nitrogen functional groups attached to an aromatic ring is 1. The highest BCUT2D eigenvalue weighted by atomic mass is 16.5. The van der Waals surface area contributed by atoms with E-state index in [2.05, 4.69) is 57.0 Å². The number of hydrazine groups is 1. The molecule has 0 saturated carbocycles. The molecule has 0 radical (unpaired) electrons. The normalized spacial score (nSPS) is 17.3. The molecule has 0 bridgehead atoms. The van der Waals surface area contributed by atoms with E-state index in [0.717, 1.165) is 74.5 Å². The first kappa shape index (κ1) is 28.8. The lowest BCUT2D eigenvalue weighted by Crippen LogP contribution is -2.38. The largest absolute Gasteiger partial charge is 0.494 e. The number of likely N-dealkylation sites (tertiary alicyclic amines) is 1. The summed E-state index contributed by atoms with van der Waals surface area (Å²) < 4.78 is 6.00. The number of carbonyl (C=O) groups is 2. The van der Waals surface area contributed by atoms with Gasteiger partial charge in [0.2, 0.25) is 0 Å². The van der Waals surface area contributed by atoms with Crippen LogP contribution in [0.1, 0.15) is 63.9 Å². The number of amides is 1. The van der Waals surface area contributed by atoms with Crippen molar-refractivity contribution in [1.29, 1.82) is 0 Å². The second-order valence-corrected chi connectivity index (χ2v) is 11.3. The van der Waals surface area contributed by atoms with Gasteiger partial charge in [-0.25, -0.2) is 10.8 Å². The summed E-state index contributed by atoms with van der Waals surface area (Å²) in [5.74, 6) is 7.57. The van der Waals surface area contributed by atoms with Gasteiger partial charge in [0.15, 0.2) is 5.78 Å². The molecule has 41 heavy (non-hydrogen) atoms. The van der Waals surface area contributed by atoms with Gasteiger partial charge < -0.3 is 20.4 Å². The molecule has 2 aliphatic rings. The first-order valence-electron chi connectivity index (χ1n) is 14.9. The van der Waals surface area contributed by atoms with Crippen molar-refractivity contribution in [3.63, 3.8) is 0 Å². The Hall–Kier alpha value is -3.75. The number of hydrogen-bond donors (Lipinski definition) is 3. The van der Waals surface area contributed by atoms with Crippen molar-refractivity contribution in [2.24, 2.45) is 17.7 Å². The summed E-state index contributed by atoms with van der Waals surface area (Å²) in [5, 5.41) is 2.92. The molecule has 216 valence electrons. The van der Waals surface area contributed by atoms with Crippen molar-refractivity contribution in [2.75, 3.05) is 38.2 Å². The van der Waals surface area contributed by atoms with E-state index in [1.807, 2.05) is 12.1 Å². The molecule has 8 heteroatoms. The molecular formula is C33H41N5O3. The molecule has 8 nitrogen and oxygen atoms in total. The lowest BCUT2D eigenvalue weighted by Gasteiger charge is -2.33. The van der Waals surface area contributed by atoms with Gasteiger partial charge in [0.25, 0.3) is 5.91 Å². The van der Waals surface area contributed by atoms with Crippen LogP contribution in [0.5, 0.6) is 5.75 Å². The maximum atomic E-state index is 13.1. The topological polar surface area (TPSA) is 110 Å². The Morgan fingerprint density at radius 2 is 1.85 bits per heavy atom. The molecule has 2 aromatic carbocycles. The van der Waals surface area contributed by atoms with Crippen LogP contribution in [0.25, 0.3) is 0 Å². The van der Waals surface area contributed by atoms with Crippen LogP contribution in [0.15, 0.2) is 66.9 Å². The molecule has 1 aliphatic heterocycles. The molecule has 1 saturated heterocycles. The number of anilines is 1. The fourth-order valence-corrected chi connectivity index (χ4v) is 5.94. The van der Waals surface area contributed by atoms with Crippen molar-refractivity contribution in [3.8, 4) is 5.75 Å². The standard InChI is InChI=1S/C33H41N5O3/c34-37-31-12-9-26(22-36-31)33(40)35-15-5-2-6-18-41-29-10-11-30-27(21-29)20-28(32(30)39)23-38-16-13-25(14-17-38)19-24-7-3-1-4-8-24/h1,3-4,7-12,21-22,25,28H,2,5-6,13-20,23,34H2,(H,35,40)(H,36,37). The molecule has 1 fully saturated rings. The Kier molecular flexibility index (Phi) is 9.99. The summed E-state index contributed by atoms with van der Waals surface area (Å²) in [5.41, 5.74) is 6.35. The Balaban J connectivity index is 0.977. The van der Waals surface area contributed by atoms with Crippen LogP contribution in [-0.4, -0.2) is 54.4 Å². The fourth-order valence-electron chi connectivity index (χ4n) is 5.94. The number of unbranched alkanes of at least 4 members (excludes halogenated alkanes) is 2. The first-order valence-corrected chi connectivity index (χ1v) is 14.9. The average molecular weight is 556 g/mol. The lowest BCUT2D eigenvalue weighted by molar-refractivity contribution is 0.0874. The number of rotatable bonds is 13. The second-order valence-electron chi connectivity index (χ2n) is 11.3. The van der Waals surface area contributed by atoms with Crippen LogP contribution in [0.4, 0.5) is 5.82 Å². The molecule has 1 unspecified atom stereocenters. The Labute approximate surface area is 242 Å². The number of hydrogen-bond acceptors (Lipinski definition) is 7. The minimum absolute atomic E-state index is 0.0483. The quantitative estimate of drug-likeness (QED) is 0.160. The third-order valence-electron chi connectivity index (χ3n) is 8.28. The molecule has 1 aliphatic carbocycles. The number of piperidine rings is 1. The van der Waals surface area contributed by atoms with E-state index in [1.165, 1.54) is 24.6 Å². The van der Waals surface area contributed by atoms with Crippen molar-refractivity contribution in [1.82, 2.24) is 15.2 Å². The molecule has 1 atom stereocenters. The van der Waals surface area contributed by atoms with Crippen molar-refractivity contribution in [2.45, 2.75) is 44.9 Å². The summed E-state index contributed by atoms with van der Waals surface area (Å²) in [4.78, 5) is 31.8. The van der Waals surface area contributed by atoms with E-state index in [4.69, 9.17) is 10.6 Å². The number of benzene rings is 2. The number of nitrogens with two attached hydrogens (primary N) is 1. The van der Waals surface area contributed by atoms with Crippen molar-refractivity contribution < 1.29 is 14.3 Å². The predicted octanol–water partition coefficient (Wildman–Crippen LogP) is 4.66. The van der Waals surface area contributed by atoms with E-state index in [9.17, 15) is 9.59 Å². The zero-order valence-electron chi connectivity index (χ0n) is 23.7. The van der Waals surface area contributed by atoms with Crippen LogP contribution < -0.4 is 21.3 Å². The minimum Gasteiger partial charge on any atom is -0.494 e. The molecule has 5 rings (SSSR count). The van der Waals surface area contributed by atoms with E-state index < -0.39 is 0 Å². The SMILES string of the molecule is NNc1ccc(C(=O)NCCCCCOc2ccc3c(c2)CC(CN2CCC(Cc4ccccc4)CC2)C3=O)cn1. The molecule has 1 aromatic heterocycles. The smallest absolute Gasteiger partial charge is 0.252 e. The van der Waals surface area contributed by atoms with Gasteiger partial charge in [0, 0.05) is 30.8 Å². The molecule has 3 aromatic rings. The number of nitrogens with zero attached hydrogens (tertiary/aromatic N) is 2. The molecular weight excluding hydrogens is 514 g/mol. The maximum Gasteiger partial charge on any atom is 0.252 e. The van der Waals surface area contributed by atoms with Crippen molar-refractivity contribution >= 4 is 17.5 Å². The van der Waals surface area contributed by atoms with Gasteiger partial charge in [-0.15, -0.1) is 0 Å². The lowest BCUT2D eigenvalue weighted by atomic mass is 9.89. The van der Waals surface area contributed by atoms with E-state index >= 15 is 0 Å². The van der Waals surface area contributed by atoms with E-state index in [0.29, 0.717) is 24.5 Å². The number of Topliss-reactive ketones (excluding diaryl/α,β-unsaturated/α-hetero) is 1. The van der Waals surface area contributed by atoms with Crippen LogP contribution in [0.2, 0.25) is 0 Å². The zero-order chi connectivity index (χ0) is 28.4. The second kappa shape index (κ2) is 14.2. The zero-order valence-corrected chi connectivity index (χ0v) is 23.7. The van der Waals surface area contributed by atoms with Crippen LogP contribution in [-0.2, 0) is 12.8 Å². The van der Waals surface area contributed by atoms with E-state index in [1.54, 1.807) is 12.1 Å². The van der Waals surface area contributed by atoms with Crippen LogP contribution in [0.3, 0.4) is 0 Å². The van der Waals surface area contributed by atoms with Gasteiger partial charge in [-0.3, -0.25) is 9.59 Å². The highest BCUT2D eigenvalue weighted by Crippen LogP contribution is 2.32. The molecule has 4 N–H and O–H groups in total. The summed E-state index contributed by atoms with van der Waals surface area (Å²) in [7, 11) is 0. The number of ketones is 1. The number of fused-ring (bicyclic) bond motifs is 1.